The summed E-state index contributed by atoms with van der Waals surface area (Å²) in [6, 6.07) is 0. The van der Waals surface area contributed by atoms with Crippen LogP contribution >= 0.6 is 0 Å². The average Bonchev–Trinajstić information content (AvgIpc) is 3.49. The molecule has 0 aliphatic heterocycles. The van der Waals surface area contributed by atoms with E-state index in [2.05, 4.69) is 26.1 Å². The number of aliphatic hydroxyl groups is 2. The second-order valence-corrected chi connectivity index (χ2v) is 15.0. The molecular formula is C27H45NO6S. The number of hydrogen-bond acceptors (Lipinski definition) is 5. The van der Waals surface area contributed by atoms with E-state index in [4.69, 9.17) is 4.55 Å². The number of nitrogens with one attached hydrogen (secondary N) is 1. The number of hydrogen-bond donors (Lipinski definition) is 4. The zero-order chi connectivity index (χ0) is 25.3. The third-order valence-electron chi connectivity index (χ3n) is 11.9. The predicted molar refractivity (Wildman–Crippen MR) is 133 cm³/mol. The molecule has 4 N–H and O–H groups in total. The van der Waals surface area contributed by atoms with E-state index in [1.807, 2.05) is 0 Å². The first-order valence-electron chi connectivity index (χ1n) is 13.9. The SMILES string of the molecule is C[C@H](C1CC1C(=O)NCCS(=O)(=O)O)[C@H]1CC[C@H]2[C@@H]3[C@@H](O)C[C@@H]4C[C@H](O)CC[C@]4(C)[C@H]3CC[C@]12C. The summed E-state index contributed by atoms with van der Waals surface area (Å²) in [5.41, 5.74) is 0.420. The number of aliphatic hydroxyl groups excluding tert-OH is 2. The van der Waals surface area contributed by atoms with Crippen molar-refractivity contribution in [2.24, 2.45) is 58.2 Å². The quantitative estimate of drug-likeness (QED) is 0.406. The molecule has 12 atom stereocenters. The molecule has 5 rings (SSSR count). The molecule has 0 aromatic rings. The summed E-state index contributed by atoms with van der Waals surface area (Å²) in [6.45, 7) is 7.16. The predicted octanol–water partition coefficient (Wildman–Crippen LogP) is 3.25. The summed E-state index contributed by atoms with van der Waals surface area (Å²) in [4.78, 5) is 12.6. The molecule has 0 saturated heterocycles. The molecule has 0 radical (unpaired) electrons. The van der Waals surface area contributed by atoms with Gasteiger partial charge in [-0.1, -0.05) is 20.8 Å². The van der Waals surface area contributed by atoms with Gasteiger partial charge in [0, 0.05) is 12.5 Å². The van der Waals surface area contributed by atoms with Crippen LogP contribution in [-0.2, 0) is 14.9 Å². The Balaban J connectivity index is 1.25. The molecule has 200 valence electrons. The Morgan fingerprint density at radius 1 is 1.00 bits per heavy atom. The third kappa shape index (κ3) is 4.48. The Labute approximate surface area is 210 Å². The van der Waals surface area contributed by atoms with Crippen LogP contribution in [0.4, 0.5) is 0 Å². The number of amides is 1. The van der Waals surface area contributed by atoms with Gasteiger partial charge in [-0.25, -0.2) is 0 Å². The van der Waals surface area contributed by atoms with Gasteiger partial charge in [-0.3, -0.25) is 9.35 Å². The molecule has 0 bridgehead atoms. The van der Waals surface area contributed by atoms with E-state index in [-0.39, 0.29) is 41.4 Å². The molecule has 0 heterocycles. The van der Waals surface area contributed by atoms with Crippen LogP contribution in [0, 0.1) is 58.2 Å². The number of carbonyl (C=O) groups excluding carboxylic acids is 1. The van der Waals surface area contributed by atoms with E-state index in [9.17, 15) is 23.4 Å². The monoisotopic (exact) mass is 511 g/mol. The molecular weight excluding hydrogens is 466 g/mol. The molecule has 0 aromatic carbocycles. The van der Waals surface area contributed by atoms with Crippen molar-refractivity contribution in [3.05, 3.63) is 0 Å². The highest BCUT2D eigenvalue weighted by atomic mass is 32.2. The summed E-state index contributed by atoms with van der Waals surface area (Å²) >= 11 is 0. The van der Waals surface area contributed by atoms with Crippen molar-refractivity contribution in [1.82, 2.24) is 5.32 Å². The minimum atomic E-state index is -4.07. The number of carbonyl (C=O) groups is 1. The van der Waals surface area contributed by atoms with Crippen LogP contribution in [0.5, 0.6) is 0 Å². The van der Waals surface area contributed by atoms with Crippen molar-refractivity contribution in [3.8, 4) is 0 Å². The number of fused-ring (bicyclic) bond motifs is 5. The highest BCUT2D eigenvalue weighted by Crippen LogP contribution is 2.69. The lowest BCUT2D eigenvalue weighted by Crippen LogP contribution is -2.58. The van der Waals surface area contributed by atoms with Crippen LogP contribution in [-0.4, -0.2) is 53.6 Å². The lowest BCUT2D eigenvalue weighted by molar-refractivity contribution is -0.174. The molecule has 5 aliphatic rings. The summed E-state index contributed by atoms with van der Waals surface area (Å²) in [5.74, 6) is 2.54. The fraction of sp³-hybridized carbons (Fsp3) is 0.963. The zero-order valence-corrected chi connectivity index (χ0v) is 22.3. The second kappa shape index (κ2) is 8.95. The molecule has 8 heteroatoms. The Morgan fingerprint density at radius 3 is 2.40 bits per heavy atom. The van der Waals surface area contributed by atoms with E-state index in [0.29, 0.717) is 41.4 Å². The maximum atomic E-state index is 12.6. The number of rotatable bonds is 6. The van der Waals surface area contributed by atoms with Gasteiger partial charge in [0.1, 0.15) is 0 Å². The van der Waals surface area contributed by atoms with Crippen molar-refractivity contribution < 1.29 is 28.0 Å². The minimum absolute atomic E-state index is 0.0454. The van der Waals surface area contributed by atoms with Crippen molar-refractivity contribution in [3.63, 3.8) is 0 Å². The van der Waals surface area contributed by atoms with Crippen LogP contribution in [0.25, 0.3) is 0 Å². The molecule has 5 saturated carbocycles. The molecule has 5 aliphatic carbocycles. The van der Waals surface area contributed by atoms with Gasteiger partial charge < -0.3 is 15.5 Å². The van der Waals surface area contributed by atoms with Crippen LogP contribution in [0.15, 0.2) is 0 Å². The molecule has 0 aromatic heterocycles. The third-order valence-corrected chi connectivity index (χ3v) is 12.6. The van der Waals surface area contributed by atoms with Crippen molar-refractivity contribution in [2.45, 2.75) is 90.8 Å². The van der Waals surface area contributed by atoms with Gasteiger partial charge in [-0.05, 0) is 110 Å². The van der Waals surface area contributed by atoms with Gasteiger partial charge in [0.25, 0.3) is 10.1 Å². The first kappa shape index (κ1) is 25.9. The molecule has 0 spiro atoms. The van der Waals surface area contributed by atoms with Crippen LogP contribution < -0.4 is 5.32 Å². The Morgan fingerprint density at radius 2 is 1.69 bits per heavy atom. The van der Waals surface area contributed by atoms with Gasteiger partial charge >= 0.3 is 0 Å². The van der Waals surface area contributed by atoms with Crippen LogP contribution in [0.3, 0.4) is 0 Å². The lowest BCUT2D eigenvalue weighted by Gasteiger charge is -2.62. The fourth-order valence-corrected chi connectivity index (χ4v) is 10.3. The van der Waals surface area contributed by atoms with Crippen LogP contribution in [0.1, 0.15) is 78.6 Å². The van der Waals surface area contributed by atoms with E-state index in [1.54, 1.807) is 0 Å². The van der Waals surface area contributed by atoms with Crippen molar-refractivity contribution >= 4 is 16.0 Å². The first-order chi connectivity index (χ1) is 16.3. The smallest absolute Gasteiger partial charge is 0.266 e. The Bertz CT molecular complexity index is 940. The minimum Gasteiger partial charge on any atom is -0.393 e. The normalized spacial score (nSPS) is 49.9. The van der Waals surface area contributed by atoms with Gasteiger partial charge in [-0.15, -0.1) is 0 Å². The van der Waals surface area contributed by atoms with Crippen molar-refractivity contribution in [2.75, 3.05) is 12.3 Å². The zero-order valence-electron chi connectivity index (χ0n) is 21.5. The molecule has 7 nitrogen and oxygen atoms in total. The standard InChI is InChI=1S/C27H45NO6S/c1-15(18-14-19(18)25(31)28-10-11-35(32,33)34)20-4-5-21-24-22(7-9-27(20,21)3)26(2)8-6-17(29)12-16(26)13-23(24)30/h15-24,29-30H,4-14H2,1-3H3,(H,28,31)(H,32,33,34)/t15-,16+,17-,18?,19?,20-,21+,22+,23+,24+,26+,27-/m1/s1. The highest BCUT2D eigenvalue weighted by Gasteiger charge is 2.64. The van der Waals surface area contributed by atoms with E-state index in [0.717, 1.165) is 51.4 Å². The fourth-order valence-electron chi connectivity index (χ4n) is 9.93. The average molecular weight is 512 g/mol. The van der Waals surface area contributed by atoms with E-state index >= 15 is 0 Å². The molecule has 1 amide bonds. The maximum absolute atomic E-state index is 12.6. The summed E-state index contributed by atoms with van der Waals surface area (Å²) in [6.07, 6.45) is 8.67. The largest absolute Gasteiger partial charge is 0.393 e. The summed E-state index contributed by atoms with van der Waals surface area (Å²) < 4.78 is 30.7. The van der Waals surface area contributed by atoms with E-state index in [1.165, 1.54) is 6.42 Å². The Hall–Kier alpha value is -0.700. The summed E-state index contributed by atoms with van der Waals surface area (Å²) in [5, 5.41) is 24.4. The van der Waals surface area contributed by atoms with Gasteiger partial charge in [0.05, 0.1) is 18.0 Å². The topological polar surface area (TPSA) is 124 Å². The lowest BCUT2D eigenvalue weighted by atomic mass is 9.43. The molecule has 35 heavy (non-hydrogen) atoms. The van der Waals surface area contributed by atoms with Gasteiger partial charge in [0.15, 0.2) is 0 Å². The summed E-state index contributed by atoms with van der Waals surface area (Å²) in [7, 11) is -4.07. The van der Waals surface area contributed by atoms with E-state index < -0.39 is 15.9 Å². The highest BCUT2D eigenvalue weighted by molar-refractivity contribution is 7.85. The second-order valence-electron chi connectivity index (χ2n) is 13.4. The first-order valence-corrected chi connectivity index (χ1v) is 15.5. The maximum Gasteiger partial charge on any atom is 0.266 e. The molecule has 5 fully saturated rings. The molecule has 2 unspecified atom stereocenters. The van der Waals surface area contributed by atoms with Gasteiger partial charge in [-0.2, -0.15) is 8.42 Å². The van der Waals surface area contributed by atoms with Crippen molar-refractivity contribution in [1.29, 1.82) is 0 Å². The Kier molecular flexibility index (Phi) is 6.63. The van der Waals surface area contributed by atoms with Gasteiger partial charge in [0.2, 0.25) is 5.91 Å². The van der Waals surface area contributed by atoms with Crippen LogP contribution in [0.2, 0.25) is 0 Å².